The summed E-state index contributed by atoms with van der Waals surface area (Å²) in [6.45, 7) is 4.68. The highest BCUT2D eigenvalue weighted by Crippen LogP contribution is 2.14. The van der Waals surface area contributed by atoms with Crippen molar-refractivity contribution in [3.63, 3.8) is 0 Å². The summed E-state index contributed by atoms with van der Waals surface area (Å²) in [4.78, 5) is 2.14. The van der Waals surface area contributed by atoms with E-state index in [4.69, 9.17) is 4.74 Å². The Morgan fingerprint density at radius 3 is 2.29 bits per heavy atom. The smallest absolute Gasteiger partial charge is 0.173 e. The van der Waals surface area contributed by atoms with E-state index in [0.29, 0.717) is 12.4 Å². The van der Waals surface area contributed by atoms with E-state index in [2.05, 4.69) is 17.0 Å². The minimum atomic E-state index is -0.193. The van der Waals surface area contributed by atoms with Crippen LogP contribution in [0.15, 0.2) is 48.5 Å². The van der Waals surface area contributed by atoms with Crippen LogP contribution in [0.25, 0.3) is 0 Å². The highest BCUT2D eigenvalue weighted by atomic mass is 32.1. The van der Waals surface area contributed by atoms with E-state index in [1.165, 1.54) is 11.6 Å². The second-order valence-electron chi connectivity index (χ2n) is 6.46. The van der Waals surface area contributed by atoms with Crippen molar-refractivity contribution in [2.75, 3.05) is 20.7 Å². The van der Waals surface area contributed by atoms with Crippen LogP contribution in [0.3, 0.4) is 0 Å². The SMILES string of the molecule is CB(C)c1ccc(OC[C@H](Cc2ccccc2)N(C)C)cc1F.S. The Morgan fingerprint density at radius 1 is 1.08 bits per heavy atom. The van der Waals surface area contributed by atoms with E-state index in [1.807, 2.05) is 58.1 Å². The van der Waals surface area contributed by atoms with Crippen LogP contribution in [0, 0.1) is 5.82 Å². The molecule has 0 spiro atoms. The van der Waals surface area contributed by atoms with Crippen molar-refractivity contribution in [2.45, 2.75) is 26.1 Å². The maximum absolute atomic E-state index is 14.0. The van der Waals surface area contributed by atoms with E-state index < -0.39 is 0 Å². The summed E-state index contributed by atoms with van der Waals surface area (Å²) >= 11 is 0. The summed E-state index contributed by atoms with van der Waals surface area (Å²) in [5.41, 5.74) is 2.00. The van der Waals surface area contributed by atoms with Crippen molar-refractivity contribution in [3.05, 3.63) is 59.9 Å². The van der Waals surface area contributed by atoms with E-state index in [9.17, 15) is 4.39 Å². The monoisotopic (exact) mass is 347 g/mol. The van der Waals surface area contributed by atoms with Crippen LogP contribution in [-0.4, -0.2) is 38.4 Å². The first-order chi connectivity index (χ1) is 11.0. The third-order valence-corrected chi connectivity index (χ3v) is 4.08. The lowest BCUT2D eigenvalue weighted by Crippen LogP contribution is -2.35. The van der Waals surface area contributed by atoms with Gasteiger partial charge in [0.1, 0.15) is 18.2 Å². The van der Waals surface area contributed by atoms with Crippen molar-refractivity contribution in [1.82, 2.24) is 4.90 Å². The molecule has 0 N–H and O–H groups in total. The Labute approximate surface area is 152 Å². The molecule has 2 rings (SSSR count). The fourth-order valence-electron chi connectivity index (χ4n) is 2.54. The second-order valence-corrected chi connectivity index (χ2v) is 6.46. The van der Waals surface area contributed by atoms with Crippen molar-refractivity contribution in [3.8, 4) is 5.75 Å². The molecule has 0 radical (unpaired) electrons. The van der Waals surface area contributed by atoms with Crippen molar-refractivity contribution >= 4 is 25.7 Å². The van der Waals surface area contributed by atoms with Gasteiger partial charge in [-0.05, 0) is 37.6 Å². The highest BCUT2D eigenvalue weighted by Gasteiger charge is 2.15. The number of ether oxygens (including phenoxy) is 1. The summed E-state index contributed by atoms with van der Waals surface area (Å²) in [6, 6.07) is 15.7. The van der Waals surface area contributed by atoms with Gasteiger partial charge in [-0.1, -0.05) is 50.0 Å². The predicted octanol–water partition coefficient (Wildman–Crippen LogP) is 3.45. The molecule has 130 valence electrons. The van der Waals surface area contributed by atoms with Crippen LogP contribution in [0.4, 0.5) is 4.39 Å². The molecule has 0 heterocycles. The third-order valence-electron chi connectivity index (χ3n) is 4.08. The van der Waals surface area contributed by atoms with E-state index in [-0.39, 0.29) is 32.1 Å². The van der Waals surface area contributed by atoms with Crippen molar-refractivity contribution in [2.24, 2.45) is 0 Å². The van der Waals surface area contributed by atoms with Gasteiger partial charge in [-0.15, -0.1) is 0 Å². The van der Waals surface area contributed by atoms with Gasteiger partial charge in [0.2, 0.25) is 0 Å². The van der Waals surface area contributed by atoms with Gasteiger partial charge in [0.05, 0.1) is 0 Å². The molecule has 0 saturated heterocycles. The molecular formula is C19H27BFNOS. The molecule has 0 aliphatic rings. The van der Waals surface area contributed by atoms with E-state index in [1.54, 1.807) is 0 Å². The molecule has 2 aromatic carbocycles. The molecule has 0 aliphatic carbocycles. The molecule has 0 saturated carbocycles. The Bertz CT molecular complexity index is 622. The average molecular weight is 347 g/mol. The fourth-order valence-corrected chi connectivity index (χ4v) is 2.54. The lowest BCUT2D eigenvalue weighted by atomic mass is 9.49. The van der Waals surface area contributed by atoms with Gasteiger partial charge in [0.25, 0.3) is 0 Å². The van der Waals surface area contributed by atoms with Gasteiger partial charge in [0, 0.05) is 12.1 Å². The Kier molecular flexibility index (Phi) is 8.36. The number of hydrogen-bond acceptors (Lipinski definition) is 2. The number of benzene rings is 2. The summed E-state index contributed by atoms with van der Waals surface area (Å²) in [7, 11) is 4.08. The minimum Gasteiger partial charge on any atom is -0.492 e. The first-order valence-corrected chi connectivity index (χ1v) is 8.10. The van der Waals surface area contributed by atoms with Crippen LogP contribution in [0.1, 0.15) is 5.56 Å². The Morgan fingerprint density at radius 2 is 1.75 bits per heavy atom. The van der Waals surface area contributed by atoms with Crippen LogP contribution >= 0.6 is 13.5 Å². The number of hydrogen-bond donors (Lipinski definition) is 0. The molecular weight excluding hydrogens is 320 g/mol. The largest absolute Gasteiger partial charge is 0.492 e. The molecule has 0 bridgehead atoms. The van der Waals surface area contributed by atoms with Gasteiger partial charge < -0.3 is 9.64 Å². The molecule has 0 aromatic heterocycles. The molecule has 5 heteroatoms. The summed E-state index contributed by atoms with van der Waals surface area (Å²) in [5, 5.41) is 0. The number of likely N-dealkylation sites (N-methyl/N-ethyl adjacent to an activating group) is 1. The van der Waals surface area contributed by atoms with Crippen LogP contribution < -0.4 is 10.2 Å². The van der Waals surface area contributed by atoms with Crippen LogP contribution in [0.2, 0.25) is 13.6 Å². The van der Waals surface area contributed by atoms with E-state index in [0.717, 1.165) is 11.9 Å². The van der Waals surface area contributed by atoms with Crippen molar-refractivity contribution < 1.29 is 9.13 Å². The highest BCUT2D eigenvalue weighted by molar-refractivity contribution is 7.59. The average Bonchev–Trinajstić information content (AvgIpc) is 2.51. The zero-order valence-electron chi connectivity index (χ0n) is 14.9. The Balaban J connectivity index is 0.00000288. The quantitative estimate of drug-likeness (QED) is 0.712. The predicted molar refractivity (Wildman–Crippen MR) is 107 cm³/mol. The minimum absolute atomic E-state index is 0. The molecule has 2 aromatic rings. The standard InChI is InChI=1S/C19H25BFNO.H2S/c1-20(2)18-11-10-17(13-19(18)21)23-14-16(22(3)4)12-15-8-6-5-7-9-15;/h5-11,13,16H,12,14H2,1-4H3;1H2/t16-;/m0./s1. The van der Waals surface area contributed by atoms with Gasteiger partial charge in [-0.3, -0.25) is 0 Å². The topological polar surface area (TPSA) is 12.5 Å². The molecule has 0 aliphatic heterocycles. The Hall–Kier alpha value is -1.46. The van der Waals surface area contributed by atoms with Gasteiger partial charge >= 0.3 is 0 Å². The summed E-state index contributed by atoms with van der Waals surface area (Å²) < 4.78 is 19.9. The van der Waals surface area contributed by atoms with Gasteiger partial charge in [-0.25, -0.2) is 4.39 Å². The lowest BCUT2D eigenvalue weighted by Gasteiger charge is -2.24. The zero-order chi connectivity index (χ0) is 16.8. The number of rotatable bonds is 7. The fraction of sp³-hybridized carbons (Fsp3) is 0.368. The first-order valence-electron chi connectivity index (χ1n) is 8.10. The van der Waals surface area contributed by atoms with E-state index >= 15 is 0 Å². The number of halogens is 1. The van der Waals surface area contributed by atoms with Crippen LogP contribution in [-0.2, 0) is 6.42 Å². The van der Waals surface area contributed by atoms with Crippen molar-refractivity contribution in [1.29, 1.82) is 0 Å². The summed E-state index contributed by atoms with van der Waals surface area (Å²) in [6.07, 6.45) is 0.903. The molecule has 0 fully saturated rings. The molecule has 2 nitrogen and oxygen atoms in total. The van der Waals surface area contributed by atoms with Crippen LogP contribution in [0.5, 0.6) is 5.75 Å². The summed E-state index contributed by atoms with van der Waals surface area (Å²) in [5.74, 6) is 0.397. The zero-order valence-corrected chi connectivity index (χ0v) is 15.9. The maximum atomic E-state index is 14.0. The molecule has 24 heavy (non-hydrogen) atoms. The maximum Gasteiger partial charge on any atom is 0.173 e. The molecule has 0 unspecified atom stereocenters. The first kappa shape index (κ1) is 20.6. The normalized spacial score (nSPS) is 11.8. The van der Waals surface area contributed by atoms with Gasteiger partial charge in [-0.2, -0.15) is 13.5 Å². The van der Waals surface area contributed by atoms with Gasteiger partial charge in [0.15, 0.2) is 6.71 Å². The second kappa shape index (κ2) is 9.75. The third kappa shape index (κ3) is 5.88. The lowest BCUT2D eigenvalue weighted by molar-refractivity contribution is 0.184. The molecule has 0 amide bonds. The number of nitrogens with zero attached hydrogens (tertiary/aromatic N) is 1. The molecule has 1 atom stereocenters.